The Kier molecular flexibility index (Phi) is 5.30. The van der Waals surface area contributed by atoms with Crippen LogP contribution in [0.1, 0.15) is 59.5 Å². The molecule has 0 saturated heterocycles. The second kappa shape index (κ2) is 7.48. The highest BCUT2D eigenvalue weighted by Crippen LogP contribution is 2.34. The standard InChI is InChI=1S/C20H18F4O2/c1-11-15(21)9-14(10-16(11)22)26-20(25)19-17(23)7-13(8-18(19)24)12-5-3-2-4-6-12/h7-10,12H,2-6H2,1H3. The number of rotatable bonds is 3. The van der Waals surface area contributed by atoms with Crippen molar-refractivity contribution in [1.29, 1.82) is 0 Å². The van der Waals surface area contributed by atoms with Crippen LogP contribution in [-0.2, 0) is 0 Å². The van der Waals surface area contributed by atoms with Gasteiger partial charge in [-0.15, -0.1) is 0 Å². The van der Waals surface area contributed by atoms with E-state index < -0.39 is 40.6 Å². The quantitative estimate of drug-likeness (QED) is 0.389. The maximum atomic E-state index is 14.4. The van der Waals surface area contributed by atoms with E-state index in [4.69, 9.17) is 4.74 Å². The van der Waals surface area contributed by atoms with Gasteiger partial charge in [-0.2, -0.15) is 0 Å². The monoisotopic (exact) mass is 366 g/mol. The Bertz CT molecular complexity index is 796. The van der Waals surface area contributed by atoms with Crippen molar-refractivity contribution in [2.75, 3.05) is 0 Å². The molecule has 0 N–H and O–H groups in total. The Hall–Kier alpha value is -2.37. The van der Waals surface area contributed by atoms with E-state index in [2.05, 4.69) is 0 Å². The molecule has 0 atom stereocenters. The van der Waals surface area contributed by atoms with Crippen molar-refractivity contribution in [1.82, 2.24) is 0 Å². The van der Waals surface area contributed by atoms with Crippen molar-refractivity contribution >= 4 is 5.97 Å². The van der Waals surface area contributed by atoms with Crippen LogP contribution >= 0.6 is 0 Å². The SMILES string of the molecule is Cc1c(F)cc(OC(=O)c2c(F)cc(C3CCCCC3)cc2F)cc1F. The molecule has 2 nitrogen and oxygen atoms in total. The Morgan fingerprint density at radius 1 is 0.885 bits per heavy atom. The molecule has 1 aliphatic rings. The fourth-order valence-electron chi connectivity index (χ4n) is 3.30. The Morgan fingerprint density at radius 2 is 1.42 bits per heavy atom. The number of ether oxygens (including phenoxy) is 1. The second-order valence-electron chi connectivity index (χ2n) is 6.60. The zero-order valence-electron chi connectivity index (χ0n) is 14.3. The van der Waals surface area contributed by atoms with Gasteiger partial charge in [-0.3, -0.25) is 0 Å². The molecule has 0 aliphatic heterocycles. The van der Waals surface area contributed by atoms with Crippen LogP contribution in [0.4, 0.5) is 17.6 Å². The van der Waals surface area contributed by atoms with E-state index >= 15 is 0 Å². The van der Waals surface area contributed by atoms with Gasteiger partial charge in [0.25, 0.3) is 0 Å². The van der Waals surface area contributed by atoms with Crippen LogP contribution < -0.4 is 4.74 Å². The summed E-state index contributed by atoms with van der Waals surface area (Å²) in [5, 5.41) is 0. The van der Waals surface area contributed by atoms with E-state index in [-0.39, 0.29) is 11.5 Å². The number of benzene rings is 2. The third-order valence-corrected chi connectivity index (χ3v) is 4.81. The van der Waals surface area contributed by atoms with Gasteiger partial charge in [-0.25, -0.2) is 22.4 Å². The summed E-state index contributed by atoms with van der Waals surface area (Å²) < 4.78 is 60.5. The molecule has 0 radical (unpaired) electrons. The Labute approximate surface area is 148 Å². The highest BCUT2D eigenvalue weighted by molar-refractivity contribution is 5.91. The predicted molar refractivity (Wildman–Crippen MR) is 88.2 cm³/mol. The molecule has 0 aromatic heterocycles. The lowest BCUT2D eigenvalue weighted by Crippen LogP contribution is -2.15. The predicted octanol–water partition coefficient (Wildman–Crippen LogP) is 5.82. The molecule has 0 heterocycles. The topological polar surface area (TPSA) is 26.3 Å². The minimum Gasteiger partial charge on any atom is -0.423 e. The fourth-order valence-corrected chi connectivity index (χ4v) is 3.30. The van der Waals surface area contributed by atoms with Gasteiger partial charge in [0, 0.05) is 17.7 Å². The lowest BCUT2D eigenvalue weighted by molar-refractivity contribution is 0.0723. The average molecular weight is 366 g/mol. The van der Waals surface area contributed by atoms with Crippen LogP contribution in [-0.4, -0.2) is 5.97 Å². The van der Waals surface area contributed by atoms with Crippen molar-refractivity contribution in [3.05, 3.63) is 64.2 Å². The van der Waals surface area contributed by atoms with Crippen LogP contribution in [0.15, 0.2) is 24.3 Å². The van der Waals surface area contributed by atoms with Crippen molar-refractivity contribution in [2.45, 2.75) is 44.9 Å². The minimum absolute atomic E-state index is 0.0677. The van der Waals surface area contributed by atoms with Gasteiger partial charge < -0.3 is 4.74 Å². The van der Waals surface area contributed by atoms with Crippen LogP contribution in [0.25, 0.3) is 0 Å². The Morgan fingerprint density at radius 3 is 1.96 bits per heavy atom. The van der Waals surface area contributed by atoms with Crippen LogP contribution in [0, 0.1) is 30.2 Å². The van der Waals surface area contributed by atoms with Gasteiger partial charge in [0.2, 0.25) is 0 Å². The first-order valence-electron chi connectivity index (χ1n) is 8.53. The van der Waals surface area contributed by atoms with Crippen molar-refractivity contribution in [3.63, 3.8) is 0 Å². The summed E-state index contributed by atoms with van der Waals surface area (Å²) in [6.45, 7) is 1.22. The van der Waals surface area contributed by atoms with Crippen LogP contribution in [0.3, 0.4) is 0 Å². The van der Waals surface area contributed by atoms with Gasteiger partial charge in [-0.1, -0.05) is 19.3 Å². The third-order valence-electron chi connectivity index (χ3n) is 4.81. The molecule has 26 heavy (non-hydrogen) atoms. The third kappa shape index (κ3) is 3.74. The number of hydrogen-bond acceptors (Lipinski definition) is 2. The summed E-state index contributed by atoms with van der Waals surface area (Å²) in [6, 6.07) is 3.88. The molecule has 0 unspecified atom stereocenters. The van der Waals surface area contributed by atoms with Crippen LogP contribution in [0.5, 0.6) is 5.75 Å². The van der Waals surface area contributed by atoms with Gasteiger partial charge >= 0.3 is 5.97 Å². The fraction of sp³-hybridized carbons (Fsp3) is 0.350. The lowest BCUT2D eigenvalue weighted by Gasteiger charge is -2.22. The largest absolute Gasteiger partial charge is 0.423 e. The van der Waals surface area contributed by atoms with E-state index in [0.29, 0.717) is 5.56 Å². The van der Waals surface area contributed by atoms with E-state index in [1.807, 2.05) is 0 Å². The number of carbonyl (C=O) groups is 1. The first kappa shape index (κ1) is 18.4. The molecule has 0 amide bonds. The van der Waals surface area contributed by atoms with E-state index in [1.54, 1.807) is 0 Å². The average Bonchev–Trinajstić information content (AvgIpc) is 2.59. The summed E-state index contributed by atoms with van der Waals surface area (Å²) in [7, 11) is 0. The Balaban J connectivity index is 1.85. The summed E-state index contributed by atoms with van der Waals surface area (Å²) in [5.74, 6) is -5.63. The van der Waals surface area contributed by atoms with E-state index in [1.165, 1.54) is 6.92 Å². The normalized spacial score (nSPS) is 15.1. The number of halogens is 4. The molecular weight excluding hydrogens is 348 g/mol. The van der Waals surface area contributed by atoms with Gasteiger partial charge in [0.1, 0.15) is 34.6 Å². The second-order valence-corrected chi connectivity index (χ2v) is 6.60. The highest BCUT2D eigenvalue weighted by Gasteiger charge is 2.24. The smallest absolute Gasteiger partial charge is 0.349 e. The lowest BCUT2D eigenvalue weighted by atomic mass is 9.84. The molecule has 2 aromatic carbocycles. The summed E-state index contributed by atoms with van der Waals surface area (Å²) >= 11 is 0. The number of carbonyl (C=O) groups excluding carboxylic acids is 1. The molecular formula is C20H18F4O2. The molecule has 138 valence electrons. The molecule has 1 saturated carbocycles. The first-order chi connectivity index (χ1) is 12.4. The van der Waals surface area contributed by atoms with E-state index in [9.17, 15) is 22.4 Å². The summed E-state index contributed by atoms with van der Waals surface area (Å²) in [5.41, 5.74) is -0.589. The molecule has 2 aromatic rings. The van der Waals surface area contributed by atoms with Crippen molar-refractivity contribution < 1.29 is 27.1 Å². The molecule has 3 rings (SSSR count). The van der Waals surface area contributed by atoms with Gasteiger partial charge in [0.15, 0.2) is 0 Å². The zero-order chi connectivity index (χ0) is 18.8. The minimum atomic E-state index is -1.34. The molecule has 6 heteroatoms. The highest BCUT2D eigenvalue weighted by atomic mass is 19.1. The number of esters is 1. The van der Waals surface area contributed by atoms with Gasteiger partial charge in [0.05, 0.1) is 0 Å². The van der Waals surface area contributed by atoms with Crippen molar-refractivity contribution in [3.8, 4) is 5.75 Å². The van der Waals surface area contributed by atoms with Crippen LogP contribution in [0.2, 0.25) is 0 Å². The number of hydrogen-bond donors (Lipinski definition) is 0. The van der Waals surface area contributed by atoms with Gasteiger partial charge in [-0.05, 0) is 43.4 Å². The zero-order valence-corrected chi connectivity index (χ0v) is 14.3. The first-order valence-corrected chi connectivity index (χ1v) is 8.53. The molecule has 0 bridgehead atoms. The maximum absolute atomic E-state index is 14.4. The molecule has 0 spiro atoms. The molecule has 1 aliphatic carbocycles. The molecule has 1 fully saturated rings. The summed E-state index contributed by atoms with van der Waals surface area (Å²) in [6.07, 6.45) is 4.81. The summed E-state index contributed by atoms with van der Waals surface area (Å²) in [4.78, 5) is 12.1. The van der Waals surface area contributed by atoms with E-state index in [0.717, 1.165) is 56.4 Å². The van der Waals surface area contributed by atoms with Crippen molar-refractivity contribution in [2.24, 2.45) is 0 Å². The maximum Gasteiger partial charge on any atom is 0.349 e.